The average Bonchev–Trinajstić information content (AvgIpc) is 3.15. The van der Waals surface area contributed by atoms with Gasteiger partial charge >= 0.3 is 17.9 Å². The highest BCUT2D eigenvalue weighted by molar-refractivity contribution is 6.35. The summed E-state index contributed by atoms with van der Waals surface area (Å²) in [5.41, 5.74) is 0.188. The molecule has 1 aliphatic heterocycles. The van der Waals surface area contributed by atoms with Crippen LogP contribution in [0.25, 0.3) is 11.0 Å². The molecular weight excluding hydrogens is 431 g/mol. The van der Waals surface area contributed by atoms with E-state index in [4.69, 9.17) is 42.1 Å². The first kappa shape index (κ1) is 21.2. The minimum Gasteiger partial charge on any atom is -0.463 e. The normalized spacial score (nSPS) is 23.8. The monoisotopic (exact) mass is 446 g/mol. The average molecular weight is 447 g/mol. The first-order valence-electron chi connectivity index (χ1n) is 8.37. The topological polar surface area (TPSA) is 132 Å². The predicted molar refractivity (Wildman–Crippen MR) is 97.0 cm³/mol. The van der Waals surface area contributed by atoms with Crippen molar-refractivity contribution in [2.75, 3.05) is 6.61 Å². The van der Waals surface area contributed by atoms with Crippen LogP contribution < -0.4 is 0 Å². The SMILES string of the molecule is CC(=O)OC[C@H]1O[C@@H](n2cc3c(Cl)nc(Cl)nc3n2)[C@H](OC(C)=O)[C@@H]1OC(C)=O. The number of nitrogens with zero attached hydrogens (tertiary/aromatic N) is 4. The second kappa shape index (κ2) is 8.47. The van der Waals surface area contributed by atoms with Gasteiger partial charge in [0.15, 0.2) is 24.1 Å². The third-order valence-electron chi connectivity index (χ3n) is 3.92. The first-order valence-corrected chi connectivity index (χ1v) is 9.12. The van der Waals surface area contributed by atoms with Gasteiger partial charge < -0.3 is 18.9 Å². The summed E-state index contributed by atoms with van der Waals surface area (Å²) in [5.74, 6) is -1.81. The van der Waals surface area contributed by atoms with E-state index in [1.165, 1.54) is 31.6 Å². The van der Waals surface area contributed by atoms with Gasteiger partial charge in [-0.3, -0.25) is 14.4 Å². The van der Waals surface area contributed by atoms with Crippen molar-refractivity contribution in [1.29, 1.82) is 0 Å². The van der Waals surface area contributed by atoms with Crippen LogP contribution in [0.5, 0.6) is 0 Å². The molecule has 11 nitrogen and oxygen atoms in total. The van der Waals surface area contributed by atoms with Gasteiger partial charge in [0.25, 0.3) is 0 Å². The molecule has 1 fully saturated rings. The molecule has 156 valence electrons. The summed E-state index contributed by atoms with van der Waals surface area (Å²) in [6, 6.07) is 0. The number of esters is 3. The fourth-order valence-electron chi connectivity index (χ4n) is 2.90. The van der Waals surface area contributed by atoms with Gasteiger partial charge in [-0.1, -0.05) is 11.6 Å². The van der Waals surface area contributed by atoms with Gasteiger partial charge in [-0.15, -0.1) is 5.10 Å². The molecule has 0 aromatic carbocycles. The molecule has 0 radical (unpaired) electrons. The molecule has 0 saturated carbocycles. The molecule has 0 bridgehead atoms. The van der Waals surface area contributed by atoms with Gasteiger partial charge in [-0.2, -0.15) is 4.98 Å². The molecule has 0 aliphatic carbocycles. The Morgan fingerprint density at radius 2 is 1.72 bits per heavy atom. The number of carbonyl (C=O) groups excluding carboxylic acids is 3. The van der Waals surface area contributed by atoms with Crippen LogP contribution in [-0.2, 0) is 33.3 Å². The zero-order chi connectivity index (χ0) is 21.3. The number of hydrogen-bond donors (Lipinski definition) is 0. The van der Waals surface area contributed by atoms with E-state index in [0.29, 0.717) is 5.39 Å². The van der Waals surface area contributed by atoms with E-state index >= 15 is 0 Å². The molecule has 0 N–H and O–H groups in total. The summed E-state index contributed by atoms with van der Waals surface area (Å²) >= 11 is 11.9. The van der Waals surface area contributed by atoms with Crippen LogP contribution in [0.4, 0.5) is 0 Å². The van der Waals surface area contributed by atoms with Crippen LogP contribution in [0, 0.1) is 0 Å². The van der Waals surface area contributed by atoms with Crippen molar-refractivity contribution in [3.05, 3.63) is 16.6 Å². The molecule has 0 amide bonds. The molecule has 1 saturated heterocycles. The molecule has 0 unspecified atom stereocenters. The van der Waals surface area contributed by atoms with Crippen molar-refractivity contribution in [2.24, 2.45) is 0 Å². The Labute approximate surface area is 174 Å². The number of ether oxygens (including phenoxy) is 4. The van der Waals surface area contributed by atoms with E-state index in [9.17, 15) is 14.4 Å². The Kier molecular flexibility index (Phi) is 6.20. The minimum atomic E-state index is -1.08. The summed E-state index contributed by atoms with van der Waals surface area (Å²) in [6.07, 6.45) is -2.57. The van der Waals surface area contributed by atoms with Gasteiger partial charge in [-0.05, 0) is 11.6 Å². The Bertz CT molecular complexity index is 966. The van der Waals surface area contributed by atoms with E-state index in [0.717, 1.165) is 0 Å². The number of fused-ring (bicyclic) bond motifs is 1. The lowest BCUT2D eigenvalue weighted by atomic mass is 10.1. The van der Waals surface area contributed by atoms with E-state index in [1.807, 2.05) is 0 Å². The van der Waals surface area contributed by atoms with Gasteiger partial charge in [0, 0.05) is 27.0 Å². The molecular formula is C16H16Cl2N4O7. The first-order chi connectivity index (χ1) is 13.7. The Balaban J connectivity index is 2.00. The van der Waals surface area contributed by atoms with E-state index in [-0.39, 0.29) is 22.7 Å². The van der Waals surface area contributed by atoms with Gasteiger partial charge in [-0.25, -0.2) is 9.67 Å². The lowest BCUT2D eigenvalue weighted by Crippen LogP contribution is -2.40. The van der Waals surface area contributed by atoms with E-state index < -0.39 is 42.4 Å². The number of hydrogen-bond acceptors (Lipinski definition) is 10. The third-order valence-corrected chi connectivity index (χ3v) is 4.38. The molecule has 1 aliphatic rings. The van der Waals surface area contributed by atoms with Crippen molar-refractivity contribution >= 4 is 52.1 Å². The third kappa shape index (κ3) is 4.74. The van der Waals surface area contributed by atoms with Crippen molar-refractivity contribution in [1.82, 2.24) is 19.7 Å². The summed E-state index contributed by atoms with van der Waals surface area (Å²) in [6.45, 7) is 3.39. The van der Waals surface area contributed by atoms with E-state index in [1.54, 1.807) is 0 Å². The summed E-state index contributed by atoms with van der Waals surface area (Å²) in [5, 5.41) is 4.61. The molecule has 2 aromatic heterocycles. The maximum absolute atomic E-state index is 11.7. The minimum absolute atomic E-state index is 0.0706. The van der Waals surface area contributed by atoms with Crippen LogP contribution in [0.1, 0.15) is 27.0 Å². The number of carbonyl (C=O) groups is 3. The van der Waals surface area contributed by atoms with E-state index in [2.05, 4.69) is 15.1 Å². The van der Waals surface area contributed by atoms with Crippen LogP contribution in [-0.4, -0.2) is 62.6 Å². The Morgan fingerprint density at radius 1 is 1.07 bits per heavy atom. The van der Waals surface area contributed by atoms with Crippen molar-refractivity contribution in [3.63, 3.8) is 0 Å². The predicted octanol–water partition coefficient (Wildman–Crippen LogP) is 1.46. The lowest BCUT2D eigenvalue weighted by Gasteiger charge is -2.23. The fraction of sp³-hybridized carbons (Fsp3) is 0.500. The molecule has 2 aromatic rings. The summed E-state index contributed by atoms with van der Waals surface area (Å²) < 4.78 is 22.8. The van der Waals surface area contributed by atoms with Crippen LogP contribution in [0.2, 0.25) is 10.4 Å². The lowest BCUT2D eigenvalue weighted by molar-refractivity contribution is -0.166. The molecule has 4 atom stereocenters. The van der Waals surface area contributed by atoms with Crippen molar-refractivity contribution in [2.45, 2.75) is 45.3 Å². The largest absolute Gasteiger partial charge is 0.463 e. The van der Waals surface area contributed by atoms with Crippen LogP contribution in [0.3, 0.4) is 0 Å². The molecule has 3 rings (SSSR count). The van der Waals surface area contributed by atoms with Crippen molar-refractivity contribution < 1.29 is 33.3 Å². The Morgan fingerprint density at radius 3 is 2.34 bits per heavy atom. The molecule has 3 heterocycles. The molecule has 13 heteroatoms. The summed E-state index contributed by atoms with van der Waals surface area (Å²) in [7, 11) is 0. The van der Waals surface area contributed by atoms with Crippen LogP contribution in [0.15, 0.2) is 6.20 Å². The standard InChI is InChI=1S/C16H16Cl2N4O7/c1-6(23)26-5-10-11(27-7(2)24)12(28-8(3)25)15(29-10)22-4-9-13(17)19-16(18)20-14(9)21-22/h4,10-12,15H,5H2,1-3H3/t10-,11-,12-,15-/m1/s1. The highest BCUT2D eigenvalue weighted by Crippen LogP contribution is 2.35. The van der Waals surface area contributed by atoms with Gasteiger partial charge in [0.05, 0.1) is 5.39 Å². The second-order valence-corrected chi connectivity index (χ2v) is 6.84. The second-order valence-electron chi connectivity index (χ2n) is 6.15. The number of halogens is 2. The highest BCUT2D eigenvalue weighted by atomic mass is 35.5. The van der Waals surface area contributed by atoms with Gasteiger partial charge in [0.2, 0.25) is 5.28 Å². The van der Waals surface area contributed by atoms with Crippen LogP contribution >= 0.6 is 23.2 Å². The number of aromatic nitrogens is 4. The zero-order valence-corrected chi connectivity index (χ0v) is 17.0. The quantitative estimate of drug-likeness (QED) is 0.287. The maximum atomic E-state index is 11.7. The molecule has 29 heavy (non-hydrogen) atoms. The summed E-state index contributed by atoms with van der Waals surface area (Å²) in [4.78, 5) is 42.3. The zero-order valence-electron chi connectivity index (χ0n) is 15.5. The van der Waals surface area contributed by atoms with Crippen molar-refractivity contribution in [3.8, 4) is 0 Å². The highest BCUT2D eigenvalue weighted by Gasteiger charge is 2.51. The smallest absolute Gasteiger partial charge is 0.303 e. The number of rotatable bonds is 5. The van der Waals surface area contributed by atoms with Gasteiger partial charge in [0.1, 0.15) is 17.9 Å². The maximum Gasteiger partial charge on any atom is 0.303 e. The Hall–Kier alpha value is -2.50. The fourth-order valence-corrected chi connectivity index (χ4v) is 3.32. The molecule has 0 spiro atoms.